The number of thiazole rings is 1. The van der Waals surface area contributed by atoms with Crippen molar-refractivity contribution in [3.8, 4) is 5.69 Å². The normalized spacial score (nSPS) is 11.5. The molecular formula is C19H16N2O2S. The van der Waals surface area contributed by atoms with E-state index >= 15 is 0 Å². The molecule has 3 rings (SSSR count). The first kappa shape index (κ1) is 16.1. The zero-order valence-corrected chi connectivity index (χ0v) is 14.2. The van der Waals surface area contributed by atoms with E-state index in [2.05, 4.69) is 4.99 Å². The van der Waals surface area contributed by atoms with Gasteiger partial charge in [-0.2, -0.15) is 4.99 Å². The predicted molar refractivity (Wildman–Crippen MR) is 94.7 cm³/mol. The zero-order valence-electron chi connectivity index (χ0n) is 13.4. The number of ketones is 1. The third kappa shape index (κ3) is 3.12. The number of benzene rings is 2. The van der Waals surface area contributed by atoms with Gasteiger partial charge >= 0.3 is 0 Å². The third-order valence-electron chi connectivity index (χ3n) is 3.60. The lowest BCUT2D eigenvalue weighted by Crippen LogP contribution is -2.16. The smallest absolute Gasteiger partial charge is 0.279 e. The second-order valence-corrected chi connectivity index (χ2v) is 6.29. The summed E-state index contributed by atoms with van der Waals surface area (Å²) in [5.41, 5.74) is 2.18. The van der Waals surface area contributed by atoms with E-state index in [9.17, 15) is 9.59 Å². The standard InChI is InChI=1S/C19H16N2O2S/c1-13-17(14(2)22)24-19(21(13)16-11-7-4-8-12-16)20-18(23)15-9-5-3-6-10-15/h3-12H,1-2H3. The van der Waals surface area contributed by atoms with Gasteiger partial charge in [0.15, 0.2) is 10.6 Å². The van der Waals surface area contributed by atoms with E-state index in [1.807, 2.05) is 47.9 Å². The molecule has 0 aliphatic heterocycles. The van der Waals surface area contributed by atoms with Gasteiger partial charge in [0.25, 0.3) is 5.91 Å². The van der Waals surface area contributed by atoms with E-state index in [0.717, 1.165) is 11.4 Å². The second kappa shape index (κ2) is 6.76. The molecule has 0 fully saturated rings. The molecule has 4 nitrogen and oxygen atoms in total. The van der Waals surface area contributed by atoms with E-state index in [4.69, 9.17) is 0 Å². The molecule has 1 heterocycles. The Morgan fingerprint density at radius 1 is 0.958 bits per heavy atom. The van der Waals surface area contributed by atoms with Crippen LogP contribution in [-0.4, -0.2) is 16.3 Å². The molecule has 0 radical (unpaired) electrons. The minimum absolute atomic E-state index is 0.0317. The number of aromatic nitrogens is 1. The van der Waals surface area contributed by atoms with Crippen LogP contribution in [0.2, 0.25) is 0 Å². The monoisotopic (exact) mass is 336 g/mol. The topological polar surface area (TPSA) is 51.4 Å². The van der Waals surface area contributed by atoms with Crippen molar-refractivity contribution in [2.75, 3.05) is 0 Å². The summed E-state index contributed by atoms with van der Waals surface area (Å²) in [6, 6.07) is 18.5. The molecule has 5 heteroatoms. The van der Waals surface area contributed by atoms with Crippen molar-refractivity contribution in [1.29, 1.82) is 0 Å². The molecular weight excluding hydrogens is 320 g/mol. The van der Waals surface area contributed by atoms with Gasteiger partial charge in [0.2, 0.25) is 0 Å². The maximum Gasteiger partial charge on any atom is 0.279 e. The highest BCUT2D eigenvalue weighted by Gasteiger charge is 2.15. The average molecular weight is 336 g/mol. The highest BCUT2D eigenvalue weighted by molar-refractivity contribution is 7.11. The first-order valence-corrected chi connectivity index (χ1v) is 8.32. The van der Waals surface area contributed by atoms with E-state index < -0.39 is 0 Å². The van der Waals surface area contributed by atoms with Crippen molar-refractivity contribution in [3.05, 3.63) is 81.6 Å². The molecule has 0 N–H and O–H groups in total. The number of rotatable bonds is 3. The van der Waals surface area contributed by atoms with Gasteiger partial charge in [0.1, 0.15) is 0 Å². The van der Waals surface area contributed by atoms with Gasteiger partial charge < -0.3 is 0 Å². The van der Waals surface area contributed by atoms with Crippen LogP contribution in [0.15, 0.2) is 65.7 Å². The fourth-order valence-corrected chi connectivity index (χ4v) is 3.50. The maximum absolute atomic E-state index is 12.4. The van der Waals surface area contributed by atoms with Crippen LogP contribution in [0.3, 0.4) is 0 Å². The van der Waals surface area contributed by atoms with E-state index in [-0.39, 0.29) is 11.7 Å². The number of hydrogen-bond donors (Lipinski definition) is 0. The van der Waals surface area contributed by atoms with Crippen LogP contribution in [0.5, 0.6) is 0 Å². The largest absolute Gasteiger partial charge is 0.294 e. The lowest BCUT2D eigenvalue weighted by atomic mass is 10.2. The second-order valence-electron chi connectivity index (χ2n) is 5.31. The molecule has 0 spiro atoms. The Labute approximate surface area is 143 Å². The number of carbonyl (C=O) groups excluding carboxylic acids is 2. The molecule has 0 bridgehead atoms. The van der Waals surface area contributed by atoms with Crippen LogP contribution >= 0.6 is 11.3 Å². The summed E-state index contributed by atoms with van der Waals surface area (Å²) < 4.78 is 1.85. The molecule has 120 valence electrons. The van der Waals surface area contributed by atoms with Crippen molar-refractivity contribution in [1.82, 2.24) is 4.57 Å². The van der Waals surface area contributed by atoms with Crippen molar-refractivity contribution in [2.45, 2.75) is 13.8 Å². The Bertz CT molecular complexity index is 954. The van der Waals surface area contributed by atoms with Crippen LogP contribution in [-0.2, 0) is 0 Å². The summed E-state index contributed by atoms with van der Waals surface area (Å²) in [5.74, 6) is -0.354. The highest BCUT2D eigenvalue weighted by atomic mass is 32.1. The molecule has 0 saturated carbocycles. The van der Waals surface area contributed by atoms with Gasteiger partial charge in [0.05, 0.1) is 4.88 Å². The summed E-state index contributed by atoms with van der Waals surface area (Å²) in [7, 11) is 0. The molecule has 0 unspecified atom stereocenters. The summed E-state index contributed by atoms with van der Waals surface area (Å²) >= 11 is 1.24. The lowest BCUT2D eigenvalue weighted by Gasteiger charge is -2.06. The molecule has 3 aromatic rings. The third-order valence-corrected chi connectivity index (χ3v) is 4.84. The maximum atomic E-state index is 12.4. The molecule has 0 aliphatic carbocycles. The van der Waals surface area contributed by atoms with Crippen LogP contribution in [0, 0.1) is 6.92 Å². The van der Waals surface area contributed by atoms with E-state index in [0.29, 0.717) is 15.2 Å². The summed E-state index contributed by atoms with van der Waals surface area (Å²) in [5, 5.41) is 0. The SMILES string of the molecule is CC(=O)c1sc(=NC(=O)c2ccccc2)n(-c2ccccc2)c1C. The molecule has 1 amide bonds. The average Bonchev–Trinajstić information content (AvgIpc) is 2.93. The Hall–Kier alpha value is -2.79. The number of para-hydroxylation sites is 1. The Morgan fingerprint density at radius 3 is 2.12 bits per heavy atom. The number of hydrogen-bond acceptors (Lipinski definition) is 3. The van der Waals surface area contributed by atoms with E-state index in [1.165, 1.54) is 18.3 Å². The van der Waals surface area contributed by atoms with Gasteiger partial charge in [-0.15, -0.1) is 0 Å². The van der Waals surface area contributed by atoms with Gasteiger partial charge in [-0.3, -0.25) is 14.2 Å². The van der Waals surface area contributed by atoms with Crippen LogP contribution in [0.25, 0.3) is 5.69 Å². The number of amides is 1. The molecule has 0 atom stereocenters. The molecule has 0 saturated heterocycles. The van der Waals surface area contributed by atoms with E-state index in [1.54, 1.807) is 24.3 Å². The fraction of sp³-hybridized carbons (Fsp3) is 0.105. The highest BCUT2D eigenvalue weighted by Crippen LogP contribution is 2.17. The van der Waals surface area contributed by atoms with Crippen LogP contribution < -0.4 is 4.80 Å². The van der Waals surface area contributed by atoms with Crippen molar-refractivity contribution in [2.24, 2.45) is 4.99 Å². The number of carbonyl (C=O) groups is 2. The van der Waals surface area contributed by atoms with Crippen LogP contribution in [0.4, 0.5) is 0 Å². The molecule has 2 aromatic carbocycles. The van der Waals surface area contributed by atoms with Gasteiger partial charge in [-0.1, -0.05) is 47.7 Å². The minimum Gasteiger partial charge on any atom is -0.294 e. The van der Waals surface area contributed by atoms with Crippen LogP contribution in [0.1, 0.15) is 32.6 Å². The Balaban J connectivity index is 2.20. The molecule has 0 aliphatic rings. The van der Waals surface area contributed by atoms with Gasteiger partial charge in [0, 0.05) is 23.9 Å². The van der Waals surface area contributed by atoms with Crippen molar-refractivity contribution in [3.63, 3.8) is 0 Å². The van der Waals surface area contributed by atoms with Crippen molar-refractivity contribution < 1.29 is 9.59 Å². The molecule has 24 heavy (non-hydrogen) atoms. The fourth-order valence-electron chi connectivity index (χ4n) is 2.47. The summed E-state index contributed by atoms with van der Waals surface area (Å²) in [6.07, 6.45) is 0. The van der Waals surface area contributed by atoms with Gasteiger partial charge in [-0.05, 0) is 31.2 Å². The zero-order chi connectivity index (χ0) is 17.1. The first-order chi connectivity index (χ1) is 11.6. The Morgan fingerprint density at radius 2 is 1.54 bits per heavy atom. The molecule has 1 aromatic heterocycles. The van der Waals surface area contributed by atoms with Crippen molar-refractivity contribution >= 4 is 23.0 Å². The minimum atomic E-state index is -0.323. The quantitative estimate of drug-likeness (QED) is 0.683. The Kier molecular flexibility index (Phi) is 4.53. The van der Waals surface area contributed by atoms with Gasteiger partial charge in [-0.25, -0.2) is 0 Å². The summed E-state index contributed by atoms with van der Waals surface area (Å²) in [4.78, 5) is 29.7. The predicted octanol–water partition coefficient (Wildman–Crippen LogP) is 3.79. The summed E-state index contributed by atoms with van der Waals surface area (Å²) in [6.45, 7) is 3.39. The first-order valence-electron chi connectivity index (χ1n) is 7.51. The number of nitrogens with zero attached hydrogens (tertiary/aromatic N) is 2. The number of Topliss-reactive ketones (excluding diaryl/α,β-unsaturated/α-hetero) is 1. The lowest BCUT2D eigenvalue weighted by molar-refractivity contribution is 0.0995.